The summed E-state index contributed by atoms with van der Waals surface area (Å²) >= 11 is 0. The van der Waals surface area contributed by atoms with Crippen molar-refractivity contribution in [2.24, 2.45) is 11.7 Å². The Morgan fingerprint density at radius 1 is 1.53 bits per heavy atom. The predicted molar refractivity (Wildman–Crippen MR) is 78.2 cm³/mol. The van der Waals surface area contributed by atoms with E-state index in [0.29, 0.717) is 12.0 Å². The third-order valence-corrected chi connectivity index (χ3v) is 4.15. The fraction of sp³-hybridized carbons (Fsp3) is 0.667. The first-order valence-electron chi connectivity index (χ1n) is 7.15. The summed E-state index contributed by atoms with van der Waals surface area (Å²) in [7, 11) is 1.80. The average molecular weight is 263 g/mol. The molecule has 0 spiro atoms. The van der Waals surface area contributed by atoms with E-state index in [-0.39, 0.29) is 6.04 Å². The Labute approximate surface area is 116 Å². The molecule has 2 rings (SSSR count). The lowest BCUT2D eigenvalue weighted by atomic mass is 9.95. The average Bonchev–Trinajstić information content (AvgIpc) is 2.47. The molecule has 3 atom stereocenters. The van der Waals surface area contributed by atoms with Crippen LogP contribution in [0.5, 0.6) is 0 Å². The number of hydrogen-bond acceptors (Lipinski definition) is 4. The number of piperidine rings is 1. The summed E-state index contributed by atoms with van der Waals surface area (Å²) in [5.41, 5.74) is 8.13. The maximum Gasteiger partial charge on any atom is 0.0772 e. The van der Waals surface area contributed by atoms with E-state index in [1.807, 2.05) is 12.3 Å². The molecule has 3 unspecified atom stereocenters. The highest BCUT2D eigenvalue weighted by Gasteiger charge is 2.26. The number of nitrogens with zero attached hydrogens (tertiary/aromatic N) is 2. The topological polar surface area (TPSA) is 51.4 Å². The zero-order valence-electron chi connectivity index (χ0n) is 12.2. The summed E-state index contributed by atoms with van der Waals surface area (Å²) in [6.45, 7) is 6.35. The molecule has 4 heteroatoms. The Morgan fingerprint density at radius 3 is 2.89 bits per heavy atom. The fourth-order valence-electron chi connectivity index (χ4n) is 2.59. The fourth-order valence-corrected chi connectivity index (χ4v) is 2.59. The van der Waals surface area contributed by atoms with Crippen LogP contribution >= 0.6 is 0 Å². The van der Waals surface area contributed by atoms with Gasteiger partial charge in [0.25, 0.3) is 0 Å². The third-order valence-electron chi connectivity index (χ3n) is 4.15. The Morgan fingerprint density at radius 2 is 2.32 bits per heavy atom. The van der Waals surface area contributed by atoms with Gasteiger partial charge < -0.3 is 15.4 Å². The molecule has 106 valence electrons. The number of rotatable bonds is 4. The molecule has 4 nitrogen and oxygen atoms in total. The van der Waals surface area contributed by atoms with Gasteiger partial charge in [-0.25, -0.2) is 0 Å². The molecule has 0 amide bonds. The second-order valence-corrected chi connectivity index (χ2v) is 5.44. The lowest BCUT2D eigenvalue weighted by Gasteiger charge is -2.37. The molecule has 0 aliphatic carbocycles. The molecular weight excluding hydrogens is 238 g/mol. The van der Waals surface area contributed by atoms with Crippen molar-refractivity contribution in [3.05, 3.63) is 24.0 Å². The number of pyridine rings is 1. The summed E-state index contributed by atoms with van der Waals surface area (Å²) in [6, 6.07) is 4.21. The van der Waals surface area contributed by atoms with Crippen LogP contribution in [-0.4, -0.2) is 31.3 Å². The number of aromatic nitrogens is 1. The molecule has 1 aliphatic heterocycles. The smallest absolute Gasteiger partial charge is 0.0772 e. The monoisotopic (exact) mass is 263 g/mol. The molecule has 0 radical (unpaired) electrons. The number of ether oxygens (including phenoxy) is 1. The first-order chi connectivity index (χ1) is 9.15. The Balaban J connectivity index is 2.06. The van der Waals surface area contributed by atoms with Gasteiger partial charge in [-0.3, -0.25) is 4.98 Å². The minimum absolute atomic E-state index is 0.0437. The van der Waals surface area contributed by atoms with Crippen LogP contribution in [-0.2, 0) is 4.74 Å². The molecule has 0 aromatic carbocycles. The van der Waals surface area contributed by atoms with Gasteiger partial charge >= 0.3 is 0 Å². The Hall–Kier alpha value is -1.13. The van der Waals surface area contributed by atoms with E-state index in [9.17, 15) is 0 Å². The first-order valence-corrected chi connectivity index (χ1v) is 7.15. The summed E-state index contributed by atoms with van der Waals surface area (Å²) < 4.78 is 5.55. The van der Waals surface area contributed by atoms with Crippen molar-refractivity contribution in [1.29, 1.82) is 0 Å². The van der Waals surface area contributed by atoms with E-state index in [4.69, 9.17) is 10.5 Å². The van der Waals surface area contributed by atoms with Crippen LogP contribution in [0, 0.1) is 5.92 Å². The lowest BCUT2D eigenvalue weighted by molar-refractivity contribution is 0.0498. The molecule has 2 heterocycles. The van der Waals surface area contributed by atoms with Crippen molar-refractivity contribution in [1.82, 2.24) is 4.98 Å². The number of nitrogens with two attached hydrogens (primary N) is 1. The second kappa shape index (κ2) is 6.35. The lowest BCUT2D eigenvalue weighted by Crippen LogP contribution is -2.44. The minimum Gasteiger partial charge on any atom is -0.379 e. The highest BCUT2D eigenvalue weighted by atomic mass is 16.5. The van der Waals surface area contributed by atoms with Gasteiger partial charge in [0.2, 0.25) is 0 Å². The van der Waals surface area contributed by atoms with Crippen LogP contribution in [0.3, 0.4) is 0 Å². The number of methoxy groups -OCH3 is 1. The van der Waals surface area contributed by atoms with Crippen LogP contribution in [0.2, 0.25) is 0 Å². The van der Waals surface area contributed by atoms with E-state index in [0.717, 1.165) is 31.6 Å². The standard InChI is InChI=1S/C15H25N3O/c1-4-13(16)14-6-5-12(9-17-14)18-8-7-11(2)15(10-18)19-3/h5-6,9,11,13,15H,4,7-8,10,16H2,1-3H3. The molecule has 1 aromatic heterocycles. The van der Waals surface area contributed by atoms with Crippen molar-refractivity contribution in [3.63, 3.8) is 0 Å². The van der Waals surface area contributed by atoms with E-state index in [2.05, 4.69) is 29.8 Å². The summed E-state index contributed by atoms with van der Waals surface area (Å²) in [5, 5.41) is 0. The molecular formula is C15H25N3O. The van der Waals surface area contributed by atoms with E-state index < -0.39 is 0 Å². The van der Waals surface area contributed by atoms with Gasteiger partial charge in [0.15, 0.2) is 0 Å². The highest BCUT2D eigenvalue weighted by Crippen LogP contribution is 2.25. The van der Waals surface area contributed by atoms with Gasteiger partial charge in [-0.05, 0) is 30.9 Å². The van der Waals surface area contributed by atoms with Gasteiger partial charge in [0.05, 0.1) is 23.7 Å². The van der Waals surface area contributed by atoms with Crippen molar-refractivity contribution in [3.8, 4) is 0 Å². The number of hydrogen-bond donors (Lipinski definition) is 1. The van der Waals surface area contributed by atoms with E-state index in [1.54, 1.807) is 7.11 Å². The zero-order valence-corrected chi connectivity index (χ0v) is 12.2. The van der Waals surface area contributed by atoms with Gasteiger partial charge in [-0.1, -0.05) is 13.8 Å². The molecule has 1 saturated heterocycles. The molecule has 1 aromatic rings. The zero-order chi connectivity index (χ0) is 13.8. The van der Waals surface area contributed by atoms with Gasteiger partial charge in [0, 0.05) is 26.2 Å². The minimum atomic E-state index is 0.0437. The van der Waals surface area contributed by atoms with Gasteiger partial charge in [-0.2, -0.15) is 0 Å². The summed E-state index contributed by atoms with van der Waals surface area (Å²) in [6.07, 6.45) is 4.33. The van der Waals surface area contributed by atoms with Crippen molar-refractivity contribution < 1.29 is 4.74 Å². The van der Waals surface area contributed by atoms with Crippen LogP contribution in [0.15, 0.2) is 18.3 Å². The quantitative estimate of drug-likeness (QED) is 0.906. The third kappa shape index (κ3) is 3.25. The molecule has 1 aliphatic rings. The van der Waals surface area contributed by atoms with Crippen LogP contribution in [0.4, 0.5) is 5.69 Å². The van der Waals surface area contributed by atoms with Crippen molar-refractivity contribution >= 4 is 5.69 Å². The maximum atomic E-state index is 5.99. The van der Waals surface area contributed by atoms with Gasteiger partial charge in [0.1, 0.15) is 0 Å². The maximum absolute atomic E-state index is 5.99. The summed E-state index contributed by atoms with van der Waals surface area (Å²) in [4.78, 5) is 6.84. The molecule has 19 heavy (non-hydrogen) atoms. The van der Waals surface area contributed by atoms with Crippen LogP contribution in [0.1, 0.15) is 38.4 Å². The summed E-state index contributed by atoms with van der Waals surface area (Å²) in [5.74, 6) is 0.627. The molecule has 1 fully saturated rings. The van der Waals surface area contributed by atoms with Crippen molar-refractivity contribution in [2.75, 3.05) is 25.1 Å². The highest BCUT2D eigenvalue weighted by molar-refractivity contribution is 5.45. The molecule has 0 bridgehead atoms. The second-order valence-electron chi connectivity index (χ2n) is 5.44. The van der Waals surface area contributed by atoms with E-state index in [1.165, 1.54) is 5.69 Å². The van der Waals surface area contributed by atoms with Gasteiger partial charge in [-0.15, -0.1) is 0 Å². The predicted octanol–water partition coefficient (Wildman–Crippen LogP) is 2.35. The first kappa shape index (κ1) is 14.3. The van der Waals surface area contributed by atoms with Crippen molar-refractivity contribution in [2.45, 2.75) is 38.8 Å². The Bertz CT molecular complexity index is 393. The molecule has 2 N–H and O–H groups in total. The molecule has 0 saturated carbocycles. The Kier molecular flexibility index (Phi) is 4.77. The normalized spacial score (nSPS) is 25.4. The van der Waals surface area contributed by atoms with Crippen LogP contribution in [0.25, 0.3) is 0 Å². The van der Waals surface area contributed by atoms with Crippen LogP contribution < -0.4 is 10.6 Å². The SMILES string of the molecule is CCC(N)c1ccc(N2CCC(C)C(OC)C2)cn1. The number of anilines is 1. The largest absolute Gasteiger partial charge is 0.379 e. The van der Waals surface area contributed by atoms with E-state index >= 15 is 0 Å².